The summed E-state index contributed by atoms with van der Waals surface area (Å²) in [5.41, 5.74) is 0.380. The van der Waals surface area contributed by atoms with Crippen molar-refractivity contribution in [3.63, 3.8) is 0 Å². The molecule has 0 aliphatic carbocycles. The van der Waals surface area contributed by atoms with Gasteiger partial charge in [-0.05, 0) is 24.6 Å². The van der Waals surface area contributed by atoms with Crippen molar-refractivity contribution >= 4 is 67.4 Å². The molecule has 0 radical (unpaired) electrons. The Morgan fingerprint density at radius 2 is 2.03 bits per heavy atom. The molecular formula is C17H21ClN4O6S3. The minimum atomic E-state index is -3.58. The van der Waals surface area contributed by atoms with E-state index in [4.69, 9.17) is 16.3 Å². The second-order valence-corrected chi connectivity index (χ2v) is 10.6. The predicted molar refractivity (Wildman–Crippen MR) is 121 cm³/mol. The van der Waals surface area contributed by atoms with Gasteiger partial charge in [0.1, 0.15) is 5.75 Å². The molecule has 0 unspecified atom stereocenters. The van der Waals surface area contributed by atoms with Crippen molar-refractivity contribution in [2.75, 3.05) is 42.4 Å². The normalized spacial score (nSPS) is 11.1. The average Bonchev–Trinajstić information content (AvgIpc) is 3.15. The molecule has 1 heterocycles. The van der Waals surface area contributed by atoms with E-state index in [-0.39, 0.29) is 42.0 Å². The molecule has 14 heteroatoms. The summed E-state index contributed by atoms with van der Waals surface area (Å²) in [6, 6.07) is 4.66. The lowest BCUT2D eigenvalue weighted by atomic mass is 10.2. The number of rotatable bonds is 11. The second-order valence-electron chi connectivity index (χ2n) is 6.04. The number of halogens is 1. The lowest BCUT2D eigenvalue weighted by Gasteiger charge is -2.23. The quantitative estimate of drug-likeness (QED) is 0.276. The topological polar surface area (TPSA) is 128 Å². The fraction of sp³-hybridized carbons (Fsp3) is 0.412. The van der Waals surface area contributed by atoms with E-state index in [1.165, 1.54) is 24.6 Å². The number of benzene rings is 1. The Morgan fingerprint density at radius 1 is 1.29 bits per heavy atom. The summed E-state index contributed by atoms with van der Waals surface area (Å²) in [5, 5.41) is 10.9. The first-order chi connectivity index (χ1) is 14.6. The zero-order valence-electron chi connectivity index (χ0n) is 17.0. The van der Waals surface area contributed by atoms with Crippen molar-refractivity contribution in [1.82, 2.24) is 10.2 Å². The molecule has 0 aliphatic heterocycles. The number of ether oxygens (including phenoxy) is 2. The third-order valence-corrected chi connectivity index (χ3v) is 7.22. The van der Waals surface area contributed by atoms with Gasteiger partial charge in [0.2, 0.25) is 21.1 Å². The van der Waals surface area contributed by atoms with E-state index in [2.05, 4.69) is 20.3 Å². The highest BCUT2D eigenvalue weighted by Crippen LogP contribution is 2.30. The zero-order valence-corrected chi connectivity index (χ0v) is 20.2. The molecule has 0 atom stereocenters. The van der Waals surface area contributed by atoms with Crippen LogP contribution in [0.15, 0.2) is 22.5 Å². The van der Waals surface area contributed by atoms with E-state index in [0.29, 0.717) is 20.9 Å². The molecule has 2 aromatic rings. The fourth-order valence-corrected chi connectivity index (χ4v) is 5.17. The zero-order chi connectivity index (χ0) is 23.0. The van der Waals surface area contributed by atoms with Gasteiger partial charge in [-0.15, -0.1) is 10.2 Å². The van der Waals surface area contributed by atoms with Crippen LogP contribution >= 0.6 is 34.7 Å². The number of anilines is 2. The third-order valence-electron chi connectivity index (χ3n) is 3.78. The van der Waals surface area contributed by atoms with Gasteiger partial charge in [-0.25, -0.2) is 8.42 Å². The Labute approximate surface area is 193 Å². The van der Waals surface area contributed by atoms with Crippen LogP contribution in [-0.4, -0.2) is 63.3 Å². The Hall–Kier alpha value is -2.09. The Kier molecular flexibility index (Phi) is 9.34. The minimum Gasteiger partial charge on any atom is -0.495 e. The van der Waals surface area contributed by atoms with E-state index in [1.54, 1.807) is 12.1 Å². The molecule has 1 N–H and O–H groups in total. The maximum absolute atomic E-state index is 12.2. The Balaban J connectivity index is 1.91. The standard InChI is InChI=1S/C17H21ClN4O6S3/c1-27-13-7-6-11(9-12(13)18)22(31(3,25)26)8-4-5-14(23)19-16-20-21-17(30-16)29-10-15(24)28-2/h6-7,9H,4-5,8,10H2,1-3H3,(H,19,20,23). The first-order valence-electron chi connectivity index (χ1n) is 8.78. The van der Waals surface area contributed by atoms with Gasteiger partial charge in [0, 0.05) is 13.0 Å². The van der Waals surface area contributed by atoms with Gasteiger partial charge >= 0.3 is 5.97 Å². The van der Waals surface area contributed by atoms with Crippen molar-refractivity contribution in [2.24, 2.45) is 0 Å². The lowest BCUT2D eigenvalue weighted by molar-refractivity contribution is -0.137. The van der Waals surface area contributed by atoms with Crippen molar-refractivity contribution in [3.05, 3.63) is 23.2 Å². The third kappa shape index (κ3) is 7.83. The van der Waals surface area contributed by atoms with Crippen LogP contribution in [0.3, 0.4) is 0 Å². The van der Waals surface area contributed by atoms with E-state index < -0.39 is 10.0 Å². The number of esters is 1. The van der Waals surface area contributed by atoms with Crippen LogP contribution < -0.4 is 14.4 Å². The molecule has 31 heavy (non-hydrogen) atoms. The first-order valence-corrected chi connectivity index (χ1v) is 12.8. The number of hydrogen-bond donors (Lipinski definition) is 1. The molecule has 2 rings (SSSR count). The molecule has 0 saturated carbocycles. The van der Waals surface area contributed by atoms with Gasteiger partial charge in [0.25, 0.3) is 0 Å². The second kappa shape index (κ2) is 11.5. The summed E-state index contributed by atoms with van der Waals surface area (Å²) in [5.74, 6) is -0.198. The van der Waals surface area contributed by atoms with Gasteiger partial charge in [-0.2, -0.15) is 0 Å². The average molecular weight is 509 g/mol. The Morgan fingerprint density at radius 3 is 2.65 bits per heavy atom. The molecule has 0 aliphatic rings. The summed E-state index contributed by atoms with van der Waals surface area (Å²) in [4.78, 5) is 23.3. The van der Waals surface area contributed by atoms with Crippen LogP contribution in [0.2, 0.25) is 5.02 Å². The number of nitrogens with one attached hydrogen (secondary N) is 1. The van der Waals surface area contributed by atoms with Crippen molar-refractivity contribution < 1.29 is 27.5 Å². The predicted octanol–water partition coefficient (Wildman–Crippen LogP) is 2.65. The largest absolute Gasteiger partial charge is 0.495 e. The summed E-state index contributed by atoms with van der Waals surface area (Å²) in [6.45, 7) is 0.0886. The van der Waals surface area contributed by atoms with E-state index in [9.17, 15) is 18.0 Å². The van der Waals surface area contributed by atoms with Gasteiger partial charge in [0.05, 0.1) is 36.9 Å². The van der Waals surface area contributed by atoms with Crippen LogP contribution in [-0.2, 0) is 24.3 Å². The molecule has 1 aromatic heterocycles. The van der Waals surface area contributed by atoms with Crippen LogP contribution in [0.1, 0.15) is 12.8 Å². The number of nitrogens with zero attached hydrogens (tertiary/aromatic N) is 3. The van der Waals surface area contributed by atoms with Crippen molar-refractivity contribution in [2.45, 2.75) is 17.2 Å². The molecule has 1 aromatic carbocycles. The summed E-state index contributed by atoms with van der Waals surface area (Å²) in [6.07, 6.45) is 1.42. The van der Waals surface area contributed by atoms with Gasteiger partial charge in [0.15, 0.2) is 4.34 Å². The number of hydrogen-bond acceptors (Lipinski definition) is 10. The molecule has 0 fully saturated rings. The minimum absolute atomic E-state index is 0.0696. The van der Waals surface area contributed by atoms with Gasteiger partial charge < -0.3 is 14.8 Å². The van der Waals surface area contributed by atoms with E-state index in [1.807, 2.05) is 0 Å². The van der Waals surface area contributed by atoms with Crippen LogP contribution in [0, 0.1) is 0 Å². The number of amides is 1. The maximum atomic E-state index is 12.2. The highest BCUT2D eigenvalue weighted by Gasteiger charge is 2.19. The van der Waals surface area contributed by atoms with Crippen LogP contribution in [0.4, 0.5) is 10.8 Å². The molecule has 0 saturated heterocycles. The number of carbonyl (C=O) groups is 2. The number of carbonyl (C=O) groups excluding carboxylic acids is 2. The number of sulfonamides is 1. The SMILES string of the molecule is COC(=O)CSc1nnc(NC(=O)CCCN(c2ccc(OC)c(Cl)c2)S(C)(=O)=O)s1. The maximum Gasteiger partial charge on any atom is 0.316 e. The molecular weight excluding hydrogens is 488 g/mol. The van der Waals surface area contributed by atoms with Crippen molar-refractivity contribution in [3.8, 4) is 5.75 Å². The fourth-order valence-electron chi connectivity index (χ4n) is 2.36. The summed E-state index contributed by atoms with van der Waals surface area (Å²) in [7, 11) is -0.823. The van der Waals surface area contributed by atoms with Crippen molar-refractivity contribution in [1.29, 1.82) is 0 Å². The lowest BCUT2D eigenvalue weighted by Crippen LogP contribution is -2.31. The highest BCUT2D eigenvalue weighted by atomic mass is 35.5. The first kappa shape index (κ1) is 25.2. The summed E-state index contributed by atoms with van der Waals surface area (Å²) < 4.78 is 35.7. The highest BCUT2D eigenvalue weighted by molar-refractivity contribution is 8.01. The molecule has 0 bridgehead atoms. The summed E-state index contributed by atoms with van der Waals surface area (Å²) >= 11 is 8.38. The molecule has 170 valence electrons. The molecule has 0 spiro atoms. The van der Waals surface area contributed by atoms with Gasteiger partial charge in [-0.1, -0.05) is 34.7 Å². The number of thioether (sulfide) groups is 1. The monoisotopic (exact) mass is 508 g/mol. The van der Waals surface area contributed by atoms with Crippen LogP contribution in [0.5, 0.6) is 5.75 Å². The smallest absolute Gasteiger partial charge is 0.316 e. The van der Waals surface area contributed by atoms with E-state index >= 15 is 0 Å². The number of aromatic nitrogens is 2. The molecule has 10 nitrogen and oxygen atoms in total. The van der Waals surface area contributed by atoms with Gasteiger partial charge in [-0.3, -0.25) is 13.9 Å². The Bertz CT molecular complexity index is 1030. The number of methoxy groups -OCH3 is 2. The molecule has 1 amide bonds. The van der Waals surface area contributed by atoms with Crippen LogP contribution in [0.25, 0.3) is 0 Å². The van der Waals surface area contributed by atoms with E-state index in [0.717, 1.165) is 29.4 Å².